The van der Waals surface area contributed by atoms with E-state index in [0.29, 0.717) is 6.54 Å². The molecule has 0 radical (unpaired) electrons. The summed E-state index contributed by atoms with van der Waals surface area (Å²) in [6, 6.07) is 10.7. The quantitative estimate of drug-likeness (QED) is 0.918. The number of hydrogen-bond donors (Lipinski definition) is 1. The lowest BCUT2D eigenvalue weighted by Crippen LogP contribution is -2.31. The van der Waals surface area contributed by atoms with Gasteiger partial charge in [-0.25, -0.2) is 4.98 Å². The molecular formula is C15H16N2O2. The fourth-order valence-corrected chi connectivity index (χ4v) is 1.98. The highest BCUT2D eigenvalue weighted by Gasteiger charge is 2.21. The molecule has 4 nitrogen and oxygen atoms in total. The summed E-state index contributed by atoms with van der Waals surface area (Å²) in [5.74, 6) is -0.394. The van der Waals surface area contributed by atoms with Crippen LogP contribution in [0, 0.1) is 6.92 Å². The average Bonchev–Trinajstić information content (AvgIpc) is 2.42. The van der Waals surface area contributed by atoms with Crippen LogP contribution in [0.3, 0.4) is 0 Å². The Morgan fingerprint density at radius 3 is 2.63 bits per heavy atom. The van der Waals surface area contributed by atoms with Crippen LogP contribution in [0.1, 0.15) is 23.0 Å². The minimum absolute atomic E-state index is 0.0765. The summed E-state index contributed by atoms with van der Waals surface area (Å²) < 4.78 is 0. The summed E-state index contributed by atoms with van der Waals surface area (Å²) >= 11 is 0. The molecular weight excluding hydrogens is 240 g/mol. The summed E-state index contributed by atoms with van der Waals surface area (Å²) in [4.78, 5) is 18.0. The van der Waals surface area contributed by atoms with Gasteiger partial charge in [0.2, 0.25) is 0 Å². The van der Waals surface area contributed by atoms with Crippen molar-refractivity contribution in [3.63, 3.8) is 0 Å². The smallest absolute Gasteiger partial charge is 0.280 e. The fourth-order valence-electron chi connectivity index (χ4n) is 1.98. The minimum Gasteiger partial charge on any atom is -0.505 e. The Hall–Kier alpha value is -2.36. The summed E-state index contributed by atoms with van der Waals surface area (Å²) in [6.07, 6.45) is 1.50. The zero-order chi connectivity index (χ0) is 13.8. The molecule has 1 N–H and O–H groups in total. The number of benzene rings is 1. The topological polar surface area (TPSA) is 53.4 Å². The third-order valence-electron chi connectivity index (χ3n) is 2.96. The summed E-state index contributed by atoms with van der Waals surface area (Å²) in [6.45, 7) is 4.35. The minimum atomic E-state index is -0.296. The number of carbonyl (C=O) groups is 1. The van der Waals surface area contributed by atoms with E-state index in [4.69, 9.17) is 0 Å². The van der Waals surface area contributed by atoms with E-state index in [2.05, 4.69) is 4.98 Å². The SMILES string of the molecule is CCN(C(=O)c1ncccc1O)c1ccccc1C. The third kappa shape index (κ3) is 2.57. The van der Waals surface area contributed by atoms with Crippen LogP contribution >= 0.6 is 0 Å². The van der Waals surface area contributed by atoms with Crippen molar-refractivity contribution in [3.8, 4) is 5.75 Å². The largest absolute Gasteiger partial charge is 0.505 e. The van der Waals surface area contributed by atoms with Crippen molar-refractivity contribution >= 4 is 11.6 Å². The maximum absolute atomic E-state index is 12.5. The molecule has 0 saturated heterocycles. The second-order valence-corrected chi connectivity index (χ2v) is 4.21. The predicted molar refractivity (Wildman–Crippen MR) is 74.4 cm³/mol. The van der Waals surface area contributed by atoms with E-state index in [9.17, 15) is 9.90 Å². The van der Waals surface area contributed by atoms with E-state index >= 15 is 0 Å². The Labute approximate surface area is 112 Å². The number of anilines is 1. The number of rotatable bonds is 3. The van der Waals surface area contributed by atoms with E-state index in [1.165, 1.54) is 12.3 Å². The van der Waals surface area contributed by atoms with E-state index in [-0.39, 0.29) is 17.4 Å². The highest BCUT2D eigenvalue weighted by Crippen LogP contribution is 2.23. The molecule has 2 rings (SSSR count). The van der Waals surface area contributed by atoms with Crippen LogP contribution < -0.4 is 4.90 Å². The van der Waals surface area contributed by atoms with Gasteiger partial charge in [0.25, 0.3) is 5.91 Å². The third-order valence-corrected chi connectivity index (χ3v) is 2.96. The molecule has 0 bridgehead atoms. The maximum atomic E-state index is 12.5. The summed E-state index contributed by atoms with van der Waals surface area (Å²) in [7, 11) is 0. The highest BCUT2D eigenvalue weighted by atomic mass is 16.3. The first-order valence-corrected chi connectivity index (χ1v) is 6.16. The molecule has 0 unspecified atom stereocenters. The number of aryl methyl sites for hydroxylation is 1. The van der Waals surface area contributed by atoms with Gasteiger partial charge < -0.3 is 10.0 Å². The molecule has 1 aromatic carbocycles. The first kappa shape index (κ1) is 13.1. The molecule has 0 saturated carbocycles. The average molecular weight is 256 g/mol. The summed E-state index contributed by atoms with van der Waals surface area (Å²) in [5.41, 5.74) is 1.92. The molecule has 0 aliphatic rings. The normalized spacial score (nSPS) is 10.2. The van der Waals surface area contributed by atoms with Gasteiger partial charge in [0.05, 0.1) is 0 Å². The van der Waals surface area contributed by atoms with E-state index in [0.717, 1.165) is 11.3 Å². The molecule has 0 aliphatic carbocycles. The van der Waals surface area contributed by atoms with E-state index in [1.807, 2.05) is 38.1 Å². The van der Waals surface area contributed by atoms with Gasteiger partial charge in [-0.2, -0.15) is 0 Å². The van der Waals surface area contributed by atoms with Gasteiger partial charge in [0.1, 0.15) is 5.75 Å². The number of amides is 1. The van der Waals surface area contributed by atoms with Crippen molar-refractivity contribution in [2.24, 2.45) is 0 Å². The lowest BCUT2D eigenvalue weighted by atomic mass is 10.1. The molecule has 19 heavy (non-hydrogen) atoms. The summed E-state index contributed by atoms with van der Waals surface area (Å²) in [5, 5.41) is 9.73. The number of aromatic nitrogens is 1. The molecule has 1 aromatic heterocycles. The number of carbonyl (C=O) groups excluding carboxylic acids is 1. The maximum Gasteiger partial charge on any atom is 0.280 e. The Bertz CT molecular complexity index is 596. The number of nitrogens with zero attached hydrogens (tertiary/aromatic N) is 2. The Kier molecular flexibility index (Phi) is 3.80. The Morgan fingerprint density at radius 2 is 2.00 bits per heavy atom. The molecule has 98 valence electrons. The van der Waals surface area contributed by atoms with Crippen molar-refractivity contribution in [1.82, 2.24) is 4.98 Å². The number of para-hydroxylation sites is 1. The highest BCUT2D eigenvalue weighted by molar-refractivity contribution is 6.06. The fraction of sp³-hybridized carbons (Fsp3) is 0.200. The van der Waals surface area contributed by atoms with Crippen molar-refractivity contribution in [2.45, 2.75) is 13.8 Å². The molecule has 0 spiro atoms. The molecule has 0 fully saturated rings. The van der Waals surface area contributed by atoms with Crippen LogP contribution in [0.4, 0.5) is 5.69 Å². The molecule has 1 heterocycles. The number of pyridine rings is 1. The zero-order valence-corrected chi connectivity index (χ0v) is 11.0. The molecule has 1 amide bonds. The van der Waals surface area contributed by atoms with E-state index < -0.39 is 0 Å². The Balaban J connectivity index is 2.41. The zero-order valence-electron chi connectivity index (χ0n) is 11.0. The van der Waals surface area contributed by atoms with Crippen LogP contribution in [0.15, 0.2) is 42.6 Å². The van der Waals surface area contributed by atoms with Gasteiger partial charge in [-0.05, 0) is 37.6 Å². The van der Waals surface area contributed by atoms with Crippen molar-refractivity contribution in [2.75, 3.05) is 11.4 Å². The molecule has 0 aliphatic heterocycles. The monoisotopic (exact) mass is 256 g/mol. The number of hydrogen-bond acceptors (Lipinski definition) is 3. The first-order chi connectivity index (χ1) is 9.15. The van der Waals surface area contributed by atoms with Crippen LogP contribution in [0.5, 0.6) is 5.75 Å². The predicted octanol–water partition coefficient (Wildman–Crippen LogP) is 2.76. The Morgan fingerprint density at radius 1 is 1.26 bits per heavy atom. The first-order valence-electron chi connectivity index (χ1n) is 6.16. The lowest BCUT2D eigenvalue weighted by molar-refractivity contribution is 0.0980. The van der Waals surface area contributed by atoms with Gasteiger partial charge in [0.15, 0.2) is 5.69 Å². The lowest BCUT2D eigenvalue weighted by Gasteiger charge is -2.22. The number of aromatic hydroxyl groups is 1. The van der Waals surface area contributed by atoms with E-state index in [1.54, 1.807) is 11.0 Å². The van der Waals surface area contributed by atoms with Gasteiger partial charge in [-0.15, -0.1) is 0 Å². The standard InChI is InChI=1S/C15H16N2O2/c1-3-17(12-8-5-4-7-11(12)2)15(19)14-13(18)9-6-10-16-14/h4-10,18H,3H2,1-2H3. The van der Waals surface area contributed by atoms with Crippen LogP contribution in [0.2, 0.25) is 0 Å². The van der Waals surface area contributed by atoms with Gasteiger partial charge in [-0.3, -0.25) is 4.79 Å². The van der Waals surface area contributed by atoms with Crippen LogP contribution in [-0.4, -0.2) is 22.5 Å². The van der Waals surface area contributed by atoms with Crippen molar-refractivity contribution < 1.29 is 9.90 Å². The molecule has 0 atom stereocenters. The molecule has 4 heteroatoms. The van der Waals surface area contributed by atoms with Crippen LogP contribution in [0.25, 0.3) is 0 Å². The second kappa shape index (κ2) is 5.52. The van der Waals surface area contributed by atoms with Crippen molar-refractivity contribution in [1.29, 1.82) is 0 Å². The second-order valence-electron chi connectivity index (χ2n) is 4.21. The van der Waals surface area contributed by atoms with Gasteiger partial charge >= 0.3 is 0 Å². The molecule has 2 aromatic rings. The van der Waals surface area contributed by atoms with Gasteiger partial charge in [-0.1, -0.05) is 18.2 Å². The van der Waals surface area contributed by atoms with Gasteiger partial charge in [0, 0.05) is 18.4 Å². The van der Waals surface area contributed by atoms with Crippen molar-refractivity contribution in [3.05, 3.63) is 53.9 Å². The van der Waals surface area contributed by atoms with Crippen LogP contribution in [-0.2, 0) is 0 Å².